The van der Waals surface area contributed by atoms with Crippen LogP contribution in [0.4, 0.5) is 10.5 Å². The molecular formula is C27H21Cl3N2O7S2. The monoisotopic (exact) mass is 654 g/mol. The fourth-order valence-corrected chi connectivity index (χ4v) is 6.26. The van der Waals surface area contributed by atoms with Crippen molar-refractivity contribution in [1.82, 2.24) is 4.90 Å². The minimum atomic E-state index is -4.34. The number of ether oxygens (including phenoxy) is 1. The van der Waals surface area contributed by atoms with Crippen molar-refractivity contribution in [3.63, 3.8) is 0 Å². The molecular weight excluding hydrogens is 635 g/mol. The van der Waals surface area contributed by atoms with Crippen LogP contribution in [0.5, 0.6) is 11.5 Å². The molecule has 214 valence electrons. The Hall–Kier alpha value is -3.22. The molecule has 1 aliphatic rings. The van der Waals surface area contributed by atoms with Crippen LogP contribution in [0.3, 0.4) is 0 Å². The van der Waals surface area contributed by atoms with E-state index in [0.29, 0.717) is 26.9 Å². The predicted octanol–water partition coefficient (Wildman–Crippen LogP) is 7.01. The van der Waals surface area contributed by atoms with Crippen LogP contribution in [-0.4, -0.2) is 37.0 Å². The number of hydrogen-bond acceptors (Lipinski definition) is 8. The Labute approximate surface area is 255 Å². The van der Waals surface area contributed by atoms with E-state index in [4.69, 9.17) is 43.7 Å². The molecule has 3 aromatic carbocycles. The number of carbonyl (C=O) groups is 3. The summed E-state index contributed by atoms with van der Waals surface area (Å²) in [5.41, 5.74) is 1.33. The molecule has 0 spiro atoms. The number of nitrogens with one attached hydrogen (secondary N) is 1. The molecule has 9 nitrogen and oxygen atoms in total. The summed E-state index contributed by atoms with van der Waals surface area (Å²) in [6.45, 7) is 3.13. The van der Waals surface area contributed by atoms with E-state index in [1.165, 1.54) is 55.5 Å². The van der Waals surface area contributed by atoms with Gasteiger partial charge in [-0.1, -0.05) is 40.9 Å². The lowest BCUT2D eigenvalue weighted by atomic mass is 10.1. The van der Waals surface area contributed by atoms with Crippen molar-refractivity contribution in [2.75, 3.05) is 11.9 Å². The lowest BCUT2D eigenvalue weighted by Crippen LogP contribution is -2.27. The van der Waals surface area contributed by atoms with Gasteiger partial charge in [0.15, 0.2) is 5.75 Å². The van der Waals surface area contributed by atoms with E-state index in [1.807, 2.05) is 0 Å². The first-order valence-corrected chi connectivity index (χ1v) is 15.2. The van der Waals surface area contributed by atoms with E-state index < -0.39 is 21.3 Å². The molecule has 0 unspecified atom stereocenters. The SMILES string of the molecule is CCOc1cc(/C=C2\SC(=O)N(Cc3ccc(Cl)cc3Cl)C2=O)cc(Cl)c1OS(=O)(=O)c1ccc(NC(C)=O)cc1. The largest absolute Gasteiger partial charge is 0.490 e. The highest BCUT2D eigenvalue weighted by Crippen LogP contribution is 2.41. The Balaban J connectivity index is 1.59. The number of benzene rings is 3. The molecule has 1 saturated heterocycles. The number of thioether (sulfide) groups is 1. The topological polar surface area (TPSA) is 119 Å². The number of carbonyl (C=O) groups excluding carboxylic acids is 3. The Morgan fingerprint density at radius 2 is 1.73 bits per heavy atom. The quantitative estimate of drug-likeness (QED) is 0.193. The van der Waals surface area contributed by atoms with E-state index >= 15 is 0 Å². The smallest absolute Gasteiger partial charge is 0.339 e. The van der Waals surface area contributed by atoms with Crippen molar-refractivity contribution in [3.05, 3.63) is 85.7 Å². The van der Waals surface area contributed by atoms with Crippen LogP contribution in [0.1, 0.15) is 25.0 Å². The Bertz CT molecular complexity index is 1680. The second kappa shape index (κ2) is 12.7. The molecule has 0 saturated carbocycles. The average molecular weight is 656 g/mol. The molecule has 0 bridgehead atoms. The number of nitrogens with zero attached hydrogens (tertiary/aromatic N) is 1. The molecule has 0 radical (unpaired) electrons. The van der Waals surface area contributed by atoms with Crippen LogP contribution in [0.2, 0.25) is 15.1 Å². The number of rotatable bonds is 9. The van der Waals surface area contributed by atoms with Crippen molar-refractivity contribution in [3.8, 4) is 11.5 Å². The van der Waals surface area contributed by atoms with E-state index in [-0.39, 0.29) is 45.4 Å². The molecule has 0 atom stereocenters. The first kappa shape index (κ1) is 30.7. The molecule has 14 heteroatoms. The Morgan fingerprint density at radius 3 is 2.37 bits per heavy atom. The third-order valence-electron chi connectivity index (χ3n) is 5.50. The minimum absolute atomic E-state index is 0.0110. The zero-order valence-corrected chi connectivity index (χ0v) is 25.3. The second-order valence-electron chi connectivity index (χ2n) is 8.51. The molecule has 4 rings (SSSR count). The van der Waals surface area contributed by atoms with E-state index in [2.05, 4.69) is 5.32 Å². The summed E-state index contributed by atoms with van der Waals surface area (Å²) < 4.78 is 36.9. The first-order chi connectivity index (χ1) is 19.4. The van der Waals surface area contributed by atoms with Gasteiger partial charge in [-0.2, -0.15) is 8.42 Å². The van der Waals surface area contributed by atoms with Gasteiger partial charge < -0.3 is 14.2 Å². The van der Waals surface area contributed by atoms with Crippen molar-refractivity contribution >= 4 is 85.5 Å². The van der Waals surface area contributed by atoms with Crippen molar-refractivity contribution < 1.29 is 31.7 Å². The van der Waals surface area contributed by atoms with Crippen molar-refractivity contribution in [1.29, 1.82) is 0 Å². The summed E-state index contributed by atoms with van der Waals surface area (Å²) in [5.74, 6) is -1.08. The minimum Gasteiger partial charge on any atom is -0.490 e. The maximum Gasteiger partial charge on any atom is 0.339 e. The lowest BCUT2D eigenvalue weighted by molar-refractivity contribution is -0.123. The maximum atomic E-state index is 13.0. The Kier molecular flexibility index (Phi) is 9.55. The third-order valence-corrected chi connectivity index (χ3v) is 8.51. The second-order valence-corrected chi connectivity index (χ2v) is 12.3. The third kappa shape index (κ3) is 7.35. The van der Waals surface area contributed by atoms with Crippen LogP contribution < -0.4 is 14.2 Å². The highest BCUT2D eigenvalue weighted by molar-refractivity contribution is 8.18. The average Bonchev–Trinajstić information content (AvgIpc) is 3.15. The van der Waals surface area contributed by atoms with Gasteiger partial charge in [0.25, 0.3) is 11.1 Å². The molecule has 0 aliphatic carbocycles. The molecule has 3 amide bonds. The summed E-state index contributed by atoms with van der Waals surface area (Å²) >= 11 is 19.3. The van der Waals surface area contributed by atoms with Crippen LogP contribution in [0.15, 0.2) is 64.4 Å². The van der Waals surface area contributed by atoms with E-state index in [1.54, 1.807) is 19.1 Å². The molecule has 41 heavy (non-hydrogen) atoms. The number of amides is 3. The fraction of sp³-hybridized carbons (Fsp3) is 0.148. The van der Waals surface area contributed by atoms with Crippen molar-refractivity contribution in [2.24, 2.45) is 0 Å². The van der Waals surface area contributed by atoms with Crippen LogP contribution in [0, 0.1) is 0 Å². The standard InChI is InChI=1S/C27H21Cl3N2O7S2/c1-3-38-23-11-16(12-24-26(34)32(27(35)40-24)14-17-4-5-18(28)13-21(17)29)10-22(30)25(23)39-41(36,37)20-8-6-19(7-9-20)31-15(2)33/h4-13H,3,14H2,1-2H3,(H,31,33)/b24-12-. The highest BCUT2D eigenvalue weighted by Gasteiger charge is 2.35. The predicted molar refractivity (Wildman–Crippen MR) is 159 cm³/mol. The summed E-state index contributed by atoms with van der Waals surface area (Å²) in [7, 11) is -4.34. The van der Waals surface area contributed by atoms with Gasteiger partial charge in [-0.25, -0.2) is 0 Å². The molecule has 1 fully saturated rings. The van der Waals surface area contributed by atoms with E-state index in [9.17, 15) is 22.8 Å². The lowest BCUT2D eigenvalue weighted by Gasteiger charge is -2.15. The van der Waals surface area contributed by atoms with Gasteiger partial charge in [0.05, 0.1) is 23.1 Å². The molecule has 0 aromatic heterocycles. The van der Waals surface area contributed by atoms with Gasteiger partial charge in [0.2, 0.25) is 11.7 Å². The zero-order chi connectivity index (χ0) is 29.9. The number of halogens is 3. The molecule has 1 N–H and O–H groups in total. The molecule has 3 aromatic rings. The van der Waals surface area contributed by atoms with Gasteiger partial charge in [-0.05, 0) is 84.4 Å². The summed E-state index contributed by atoms with van der Waals surface area (Å²) in [6, 6.07) is 13.0. The van der Waals surface area contributed by atoms with Gasteiger partial charge in [-0.3, -0.25) is 19.3 Å². The molecule has 1 heterocycles. The Morgan fingerprint density at radius 1 is 1.02 bits per heavy atom. The summed E-state index contributed by atoms with van der Waals surface area (Å²) in [4.78, 5) is 37.9. The summed E-state index contributed by atoms with van der Waals surface area (Å²) in [6.07, 6.45) is 1.45. The van der Waals surface area contributed by atoms with E-state index in [0.717, 1.165) is 16.7 Å². The highest BCUT2D eigenvalue weighted by atomic mass is 35.5. The van der Waals surface area contributed by atoms with Crippen LogP contribution >= 0.6 is 46.6 Å². The summed E-state index contributed by atoms with van der Waals surface area (Å²) in [5, 5.41) is 2.70. The molecule has 1 aliphatic heterocycles. The van der Waals surface area contributed by atoms with Gasteiger partial charge in [0, 0.05) is 22.7 Å². The van der Waals surface area contributed by atoms with Gasteiger partial charge >= 0.3 is 10.1 Å². The fourth-order valence-electron chi connectivity index (χ4n) is 3.69. The number of imide groups is 1. The zero-order valence-electron chi connectivity index (χ0n) is 21.4. The van der Waals surface area contributed by atoms with Gasteiger partial charge in [-0.15, -0.1) is 0 Å². The normalized spacial score (nSPS) is 14.5. The first-order valence-electron chi connectivity index (χ1n) is 11.9. The van der Waals surface area contributed by atoms with Crippen LogP contribution in [0.25, 0.3) is 6.08 Å². The van der Waals surface area contributed by atoms with Gasteiger partial charge in [0.1, 0.15) is 4.90 Å². The number of hydrogen-bond donors (Lipinski definition) is 1. The maximum absolute atomic E-state index is 13.0. The van der Waals surface area contributed by atoms with Crippen LogP contribution in [-0.2, 0) is 26.3 Å². The number of anilines is 1. The van der Waals surface area contributed by atoms with Crippen molar-refractivity contribution in [2.45, 2.75) is 25.3 Å².